The van der Waals surface area contributed by atoms with Crippen LogP contribution in [0, 0.1) is 5.82 Å². The first-order valence-electron chi connectivity index (χ1n) is 8.06. The van der Waals surface area contributed by atoms with Gasteiger partial charge in [-0.1, -0.05) is 11.2 Å². The Labute approximate surface area is 157 Å². The van der Waals surface area contributed by atoms with Crippen molar-refractivity contribution in [3.8, 4) is 11.5 Å². The zero-order valence-electron chi connectivity index (χ0n) is 14.4. The summed E-state index contributed by atoms with van der Waals surface area (Å²) in [6.45, 7) is 0.264. The Hall–Kier alpha value is -3.26. The molecule has 0 aliphatic carbocycles. The summed E-state index contributed by atoms with van der Waals surface area (Å²) in [4.78, 5) is 13.9. The molecule has 10 heteroatoms. The lowest BCUT2D eigenvalue weighted by molar-refractivity contribution is -0.140. The van der Waals surface area contributed by atoms with Crippen molar-refractivity contribution in [2.75, 3.05) is 13.2 Å². The number of carbonyl (C=O) groups is 1. The molecular weight excluding hydrogens is 382 g/mol. The molecule has 0 unspecified atom stereocenters. The highest BCUT2D eigenvalue weighted by Crippen LogP contribution is 2.32. The van der Waals surface area contributed by atoms with E-state index in [1.807, 2.05) is 0 Å². The number of carbonyl (C=O) groups excluding carboxylic acids is 1. The molecule has 2 aromatic carbocycles. The van der Waals surface area contributed by atoms with E-state index >= 15 is 0 Å². The molecule has 0 spiro atoms. The van der Waals surface area contributed by atoms with Crippen LogP contribution in [0.4, 0.5) is 17.6 Å². The highest BCUT2D eigenvalue weighted by molar-refractivity contribution is 5.80. The Morgan fingerprint density at radius 2 is 1.93 bits per heavy atom. The third kappa shape index (κ3) is 5.88. The lowest BCUT2D eigenvalue weighted by Gasteiger charge is -2.13. The summed E-state index contributed by atoms with van der Waals surface area (Å²) >= 11 is 0. The number of benzene rings is 2. The maximum atomic E-state index is 13.3. The molecule has 0 aliphatic rings. The Balaban J connectivity index is 2.04. The van der Waals surface area contributed by atoms with Gasteiger partial charge in [-0.25, -0.2) is 4.39 Å². The fraction of sp³-hybridized carbons (Fsp3) is 0.278. The number of nitrogens with zero attached hydrogens (tertiary/aromatic N) is 3. The molecule has 0 amide bonds. The number of aldehydes is 1. The molecule has 0 aliphatic heterocycles. The normalized spacial score (nSPS) is 10.9. The van der Waals surface area contributed by atoms with Crippen LogP contribution in [0.1, 0.15) is 27.9 Å². The first-order chi connectivity index (χ1) is 13.3. The summed E-state index contributed by atoms with van der Waals surface area (Å²) in [6, 6.07) is 6.95. The molecule has 6 nitrogen and oxygen atoms in total. The minimum Gasteiger partial charge on any atom is -0.494 e. The third-order valence-electron chi connectivity index (χ3n) is 3.57. The number of azide groups is 1. The fourth-order valence-electron chi connectivity index (χ4n) is 2.25. The minimum atomic E-state index is -4.81. The van der Waals surface area contributed by atoms with Gasteiger partial charge in [0.25, 0.3) is 0 Å². The largest absolute Gasteiger partial charge is 0.494 e. The van der Waals surface area contributed by atoms with Gasteiger partial charge in [0.1, 0.15) is 23.9 Å². The van der Waals surface area contributed by atoms with E-state index in [-0.39, 0.29) is 36.6 Å². The van der Waals surface area contributed by atoms with Crippen LogP contribution in [-0.2, 0) is 12.8 Å². The fourth-order valence-corrected chi connectivity index (χ4v) is 2.25. The van der Waals surface area contributed by atoms with Crippen molar-refractivity contribution in [1.29, 1.82) is 0 Å². The molecule has 148 valence electrons. The summed E-state index contributed by atoms with van der Waals surface area (Å²) in [7, 11) is 0. The molecule has 2 rings (SSSR count). The number of alkyl halides is 3. The number of rotatable bonds is 9. The molecule has 0 saturated heterocycles. The lowest BCUT2D eigenvalue weighted by atomic mass is 10.1. The molecule has 2 aromatic rings. The first-order valence-corrected chi connectivity index (χ1v) is 8.06. The van der Waals surface area contributed by atoms with Crippen LogP contribution in [0.2, 0.25) is 0 Å². The van der Waals surface area contributed by atoms with Gasteiger partial charge in [-0.3, -0.25) is 4.79 Å². The average Bonchev–Trinajstić information content (AvgIpc) is 2.66. The summed E-state index contributed by atoms with van der Waals surface area (Å²) in [6.07, 6.45) is -3.80. The number of halogens is 4. The minimum absolute atomic E-state index is 0.101. The molecule has 0 radical (unpaired) electrons. The van der Waals surface area contributed by atoms with Crippen LogP contribution >= 0.6 is 0 Å². The van der Waals surface area contributed by atoms with E-state index in [1.54, 1.807) is 0 Å². The van der Waals surface area contributed by atoms with Gasteiger partial charge >= 0.3 is 6.18 Å². The summed E-state index contributed by atoms with van der Waals surface area (Å²) in [5.74, 6) is -0.836. The number of hydrogen-bond acceptors (Lipinski definition) is 4. The number of hydrogen-bond donors (Lipinski definition) is 0. The quantitative estimate of drug-likeness (QED) is 0.143. The Morgan fingerprint density at radius 3 is 2.61 bits per heavy atom. The van der Waals surface area contributed by atoms with Crippen LogP contribution in [0.25, 0.3) is 10.4 Å². The van der Waals surface area contributed by atoms with Crippen molar-refractivity contribution in [1.82, 2.24) is 0 Å². The van der Waals surface area contributed by atoms with Crippen molar-refractivity contribution < 1.29 is 31.8 Å². The van der Waals surface area contributed by atoms with Crippen molar-refractivity contribution in [2.24, 2.45) is 5.11 Å². The monoisotopic (exact) mass is 397 g/mol. The maximum absolute atomic E-state index is 13.3. The van der Waals surface area contributed by atoms with Crippen LogP contribution in [0.15, 0.2) is 41.5 Å². The Morgan fingerprint density at radius 1 is 1.14 bits per heavy atom. The van der Waals surface area contributed by atoms with E-state index in [2.05, 4.69) is 10.0 Å². The predicted molar refractivity (Wildman–Crippen MR) is 91.7 cm³/mol. The maximum Gasteiger partial charge on any atom is 0.419 e. The second-order valence-corrected chi connectivity index (χ2v) is 5.57. The van der Waals surface area contributed by atoms with E-state index < -0.39 is 17.6 Å². The zero-order chi connectivity index (χ0) is 20.6. The van der Waals surface area contributed by atoms with Crippen molar-refractivity contribution in [3.63, 3.8) is 0 Å². The molecule has 0 aromatic heterocycles. The first kappa shape index (κ1) is 21.0. The van der Waals surface area contributed by atoms with Gasteiger partial charge in [-0.15, -0.1) is 0 Å². The lowest BCUT2D eigenvalue weighted by Crippen LogP contribution is -2.09. The third-order valence-corrected chi connectivity index (χ3v) is 3.57. The van der Waals surface area contributed by atoms with Crippen LogP contribution < -0.4 is 9.47 Å². The highest BCUT2D eigenvalue weighted by atomic mass is 19.4. The van der Waals surface area contributed by atoms with E-state index in [0.29, 0.717) is 24.5 Å². The van der Waals surface area contributed by atoms with Gasteiger partial charge in [0.15, 0.2) is 6.29 Å². The van der Waals surface area contributed by atoms with E-state index in [9.17, 15) is 22.4 Å². The standard InChI is InChI=1S/C18H15F4N3O3/c19-16-4-2-12(8-15(16)18(20,21)22)11-28-17-5-3-14(9-13(17)10-26)27-7-1-6-24-25-23/h2-5,8-10H,1,6-7,11H2. The van der Waals surface area contributed by atoms with Gasteiger partial charge in [-0.05, 0) is 47.8 Å². The second kappa shape index (κ2) is 9.61. The predicted octanol–water partition coefficient (Wildman–Crippen LogP) is 5.32. The summed E-state index contributed by atoms with van der Waals surface area (Å²) < 4.78 is 62.4. The van der Waals surface area contributed by atoms with Crippen LogP contribution in [0.3, 0.4) is 0 Å². The van der Waals surface area contributed by atoms with Gasteiger partial charge in [0.05, 0.1) is 17.7 Å². The Kier molecular flexibility index (Phi) is 7.22. The topological polar surface area (TPSA) is 84.3 Å². The summed E-state index contributed by atoms with van der Waals surface area (Å²) in [5.41, 5.74) is 7.04. The molecule has 0 saturated carbocycles. The van der Waals surface area contributed by atoms with Gasteiger partial charge in [-0.2, -0.15) is 13.2 Å². The Bertz CT molecular complexity index is 881. The van der Waals surface area contributed by atoms with Crippen molar-refractivity contribution in [3.05, 3.63) is 69.3 Å². The van der Waals surface area contributed by atoms with Gasteiger partial charge in [0.2, 0.25) is 0 Å². The molecule has 0 fully saturated rings. The molecule has 0 N–H and O–H groups in total. The highest BCUT2D eigenvalue weighted by Gasteiger charge is 2.34. The molecule has 0 bridgehead atoms. The van der Waals surface area contributed by atoms with Gasteiger partial charge in [0, 0.05) is 11.5 Å². The molecule has 0 heterocycles. The average molecular weight is 397 g/mol. The smallest absolute Gasteiger partial charge is 0.419 e. The zero-order valence-corrected chi connectivity index (χ0v) is 14.4. The van der Waals surface area contributed by atoms with Crippen LogP contribution in [0.5, 0.6) is 11.5 Å². The van der Waals surface area contributed by atoms with Crippen LogP contribution in [-0.4, -0.2) is 19.4 Å². The van der Waals surface area contributed by atoms with Crippen molar-refractivity contribution >= 4 is 6.29 Å². The number of ether oxygens (including phenoxy) is 2. The van der Waals surface area contributed by atoms with Crippen molar-refractivity contribution in [2.45, 2.75) is 19.2 Å². The molecule has 28 heavy (non-hydrogen) atoms. The summed E-state index contributed by atoms with van der Waals surface area (Å²) in [5, 5.41) is 3.36. The van der Waals surface area contributed by atoms with Gasteiger partial charge < -0.3 is 9.47 Å². The van der Waals surface area contributed by atoms with E-state index in [0.717, 1.165) is 6.07 Å². The second-order valence-electron chi connectivity index (χ2n) is 5.57. The van der Waals surface area contributed by atoms with E-state index in [4.69, 9.17) is 15.0 Å². The molecular formula is C18H15F4N3O3. The molecule has 0 atom stereocenters. The SMILES string of the molecule is [N-]=[N+]=NCCCOc1ccc(OCc2ccc(F)c(C(F)(F)F)c2)c(C=O)c1. The van der Waals surface area contributed by atoms with E-state index in [1.165, 1.54) is 24.3 Å².